The molecule has 5 heteroatoms. The monoisotopic (exact) mass is 313 g/mol. The SMILES string of the molecule is Cc1c(CC(=O)[O-])c(=O)oc2cc3occ(C(C)(C)C)c3cc12. The highest BCUT2D eigenvalue weighted by atomic mass is 16.4. The van der Waals surface area contributed by atoms with Gasteiger partial charge in [0.2, 0.25) is 0 Å². The third-order valence-corrected chi connectivity index (χ3v) is 4.11. The van der Waals surface area contributed by atoms with E-state index in [0.717, 1.165) is 10.9 Å². The van der Waals surface area contributed by atoms with Crippen molar-refractivity contribution in [3.8, 4) is 0 Å². The first-order valence-electron chi connectivity index (χ1n) is 7.36. The zero-order valence-electron chi connectivity index (χ0n) is 13.5. The van der Waals surface area contributed by atoms with Crippen molar-refractivity contribution in [2.75, 3.05) is 0 Å². The minimum absolute atomic E-state index is 0.101. The van der Waals surface area contributed by atoms with Crippen LogP contribution in [0.25, 0.3) is 21.9 Å². The Morgan fingerprint density at radius 3 is 2.48 bits per heavy atom. The standard InChI is InChI=1S/C18H18O5/c1-9-10-5-12-13(18(2,3)4)8-22-14(12)7-15(10)23-17(21)11(9)6-16(19)20/h5,7-8H,6H2,1-4H3,(H,19,20)/p-1. The summed E-state index contributed by atoms with van der Waals surface area (Å²) in [7, 11) is 0. The number of hydrogen-bond acceptors (Lipinski definition) is 5. The number of hydrogen-bond donors (Lipinski definition) is 0. The molecule has 2 heterocycles. The minimum atomic E-state index is -1.31. The third kappa shape index (κ3) is 2.52. The van der Waals surface area contributed by atoms with Gasteiger partial charge >= 0.3 is 5.63 Å². The summed E-state index contributed by atoms with van der Waals surface area (Å²) in [6.45, 7) is 7.98. The summed E-state index contributed by atoms with van der Waals surface area (Å²) >= 11 is 0. The summed E-state index contributed by atoms with van der Waals surface area (Å²) in [5.74, 6) is -1.31. The lowest BCUT2D eigenvalue weighted by Gasteiger charge is -2.16. The Morgan fingerprint density at radius 1 is 1.17 bits per heavy atom. The fraction of sp³-hybridized carbons (Fsp3) is 0.333. The van der Waals surface area contributed by atoms with Gasteiger partial charge in [-0.05, 0) is 24.0 Å². The molecule has 5 nitrogen and oxygen atoms in total. The predicted octanol–water partition coefficient (Wildman–Crippen LogP) is 2.44. The van der Waals surface area contributed by atoms with Crippen LogP contribution in [-0.4, -0.2) is 5.97 Å². The van der Waals surface area contributed by atoms with Crippen LogP contribution in [0.2, 0.25) is 0 Å². The van der Waals surface area contributed by atoms with Crippen molar-refractivity contribution >= 4 is 27.9 Å². The van der Waals surface area contributed by atoms with E-state index in [2.05, 4.69) is 20.8 Å². The molecular formula is C18H17O5-. The summed E-state index contributed by atoms with van der Waals surface area (Å²) in [6.07, 6.45) is 1.25. The summed E-state index contributed by atoms with van der Waals surface area (Å²) in [5, 5.41) is 12.5. The Morgan fingerprint density at radius 2 is 1.87 bits per heavy atom. The maximum atomic E-state index is 12.0. The van der Waals surface area contributed by atoms with Gasteiger partial charge in [0.15, 0.2) is 0 Å². The van der Waals surface area contributed by atoms with Crippen molar-refractivity contribution in [2.24, 2.45) is 0 Å². The third-order valence-electron chi connectivity index (χ3n) is 4.11. The molecule has 0 fully saturated rings. The summed E-state index contributed by atoms with van der Waals surface area (Å²) < 4.78 is 10.9. The van der Waals surface area contributed by atoms with Crippen LogP contribution in [0.1, 0.15) is 37.5 Å². The van der Waals surface area contributed by atoms with Crippen LogP contribution >= 0.6 is 0 Å². The normalized spacial score (nSPS) is 12.2. The van der Waals surface area contributed by atoms with Crippen molar-refractivity contribution < 1.29 is 18.7 Å². The maximum Gasteiger partial charge on any atom is 0.340 e. The number of benzene rings is 1. The molecule has 0 aliphatic carbocycles. The lowest BCUT2D eigenvalue weighted by atomic mass is 9.86. The van der Waals surface area contributed by atoms with Crippen LogP contribution in [0.15, 0.2) is 32.0 Å². The summed E-state index contributed by atoms with van der Waals surface area (Å²) in [6, 6.07) is 3.57. The van der Waals surface area contributed by atoms with Gasteiger partial charge in [-0.15, -0.1) is 0 Å². The number of carboxylic acid groups (broad SMARTS) is 1. The summed E-state index contributed by atoms with van der Waals surface area (Å²) in [5.41, 5.74) is 2.04. The average Bonchev–Trinajstić information content (AvgIpc) is 2.84. The molecule has 0 radical (unpaired) electrons. The van der Waals surface area contributed by atoms with Gasteiger partial charge in [-0.25, -0.2) is 4.79 Å². The van der Waals surface area contributed by atoms with Crippen molar-refractivity contribution in [2.45, 2.75) is 39.5 Å². The smallest absolute Gasteiger partial charge is 0.340 e. The molecule has 0 bridgehead atoms. The number of aliphatic carboxylic acids is 1. The van der Waals surface area contributed by atoms with E-state index in [0.29, 0.717) is 22.1 Å². The van der Waals surface area contributed by atoms with Gasteiger partial charge in [0, 0.05) is 40.4 Å². The van der Waals surface area contributed by atoms with Crippen LogP contribution in [0.5, 0.6) is 0 Å². The van der Waals surface area contributed by atoms with Gasteiger partial charge in [-0.3, -0.25) is 0 Å². The topological polar surface area (TPSA) is 83.5 Å². The Kier molecular flexibility index (Phi) is 3.32. The second-order valence-electron chi connectivity index (χ2n) is 6.79. The predicted molar refractivity (Wildman–Crippen MR) is 84.4 cm³/mol. The molecule has 0 unspecified atom stereocenters. The Balaban J connectivity index is 2.37. The molecule has 2 aromatic heterocycles. The average molecular weight is 313 g/mol. The second-order valence-corrected chi connectivity index (χ2v) is 6.79. The van der Waals surface area contributed by atoms with Crippen LogP contribution in [0, 0.1) is 6.92 Å². The molecule has 120 valence electrons. The van der Waals surface area contributed by atoms with Crippen LogP contribution < -0.4 is 10.7 Å². The zero-order valence-corrected chi connectivity index (χ0v) is 13.5. The maximum absolute atomic E-state index is 12.0. The molecule has 3 aromatic rings. The summed E-state index contributed by atoms with van der Waals surface area (Å²) in [4.78, 5) is 22.9. The van der Waals surface area contributed by atoms with Crippen molar-refractivity contribution in [1.29, 1.82) is 0 Å². The molecule has 3 rings (SSSR count). The quantitative estimate of drug-likeness (QED) is 0.678. The van der Waals surface area contributed by atoms with Crippen molar-refractivity contribution in [1.82, 2.24) is 0 Å². The van der Waals surface area contributed by atoms with E-state index < -0.39 is 18.0 Å². The highest BCUT2D eigenvalue weighted by molar-refractivity contribution is 5.97. The first-order chi connectivity index (χ1) is 10.7. The molecule has 0 aliphatic rings. The number of furan rings is 1. The number of aryl methyl sites for hydroxylation is 1. The molecule has 23 heavy (non-hydrogen) atoms. The van der Waals surface area contributed by atoms with E-state index in [1.54, 1.807) is 19.3 Å². The van der Waals surface area contributed by atoms with E-state index in [-0.39, 0.29) is 11.0 Å². The van der Waals surface area contributed by atoms with Gasteiger partial charge in [0.05, 0.1) is 6.26 Å². The largest absolute Gasteiger partial charge is 0.550 e. The van der Waals surface area contributed by atoms with Crippen LogP contribution in [0.4, 0.5) is 0 Å². The molecule has 1 aromatic carbocycles. The molecule has 0 saturated carbocycles. The number of carbonyl (C=O) groups excluding carboxylic acids is 1. The highest BCUT2D eigenvalue weighted by Crippen LogP contribution is 2.35. The molecule has 0 saturated heterocycles. The Bertz CT molecular complexity index is 982. The lowest BCUT2D eigenvalue weighted by molar-refractivity contribution is -0.304. The first-order valence-corrected chi connectivity index (χ1v) is 7.36. The van der Waals surface area contributed by atoms with Crippen LogP contribution in [-0.2, 0) is 16.6 Å². The van der Waals surface area contributed by atoms with E-state index in [4.69, 9.17) is 8.83 Å². The highest BCUT2D eigenvalue weighted by Gasteiger charge is 2.21. The molecule has 0 aliphatic heterocycles. The van der Waals surface area contributed by atoms with Crippen molar-refractivity contribution in [3.63, 3.8) is 0 Å². The fourth-order valence-electron chi connectivity index (χ4n) is 2.84. The first kappa shape index (κ1) is 15.3. The molecular weight excluding hydrogens is 296 g/mol. The number of carboxylic acids is 1. The second kappa shape index (κ2) is 4.98. The molecule has 0 N–H and O–H groups in total. The van der Waals surface area contributed by atoms with E-state index in [1.807, 2.05) is 6.07 Å². The number of fused-ring (bicyclic) bond motifs is 2. The van der Waals surface area contributed by atoms with Crippen LogP contribution in [0.3, 0.4) is 0 Å². The Labute approximate surface area is 132 Å². The number of carbonyl (C=O) groups is 1. The Hall–Kier alpha value is -2.56. The van der Waals surface area contributed by atoms with Crippen molar-refractivity contribution in [3.05, 3.63) is 45.5 Å². The molecule has 0 amide bonds. The van der Waals surface area contributed by atoms with E-state index >= 15 is 0 Å². The molecule has 0 spiro atoms. The zero-order chi connectivity index (χ0) is 16.9. The van der Waals surface area contributed by atoms with E-state index in [9.17, 15) is 14.7 Å². The lowest BCUT2D eigenvalue weighted by Crippen LogP contribution is -2.27. The fourth-order valence-corrected chi connectivity index (χ4v) is 2.84. The van der Waals surface area contributed by atoms with E-state index in [1.165, 1.54) is 0 Å². The van der Waals surface area contributed by atoms with Gasteiger partial charge in [0.25, 0.3) is 0 Å². The van der Waals surface area contributed by atoms with Gasteiger partial charge in [-0.1, -0.05) is 20.8 Å². The number of rotatable bonds is 2. The minimum Gasteiger partial charge on any atom is -0.550 e. The van der Waals surface area contributed by atoms with Gasteiger partial charge < -0.3 is 18.7 Å². The molecule has 0 atom stereocenters. The van der Waals surface area contributed by atoms with Gasteiger partial charge in [-0.2, -0.15) is 0 Å². The van der Waals surface area contributed by atoms with Gasteiger partial charge in [0.1, 0.15) is 11.2 Å².